The molecule has 0 aliphatic heterocycles. The Morgan fingerprint density at radius 1 is 1.16 bits per heavy atom. The number of halogens is 3. The molecule has 0 N–H and O–H groups in total. The third-order valence-corrected chi connectivity index (χ3v) is 2.75. The van der Waals surface area contributed by atoms with Crippen LogP contribution < -0.4 is 0 Å². The highest BCUT2D eigenvalue weighted by molar-refractivity contribution is 6.31. The maximum atomic E-state index is 13.3. The minimum atomic E-state index is -0.427. The van der Waals surface area contributed by atoms with Gasteiger partial charge in [-0.25, -0.2) is 14.4 Å². The third-order valence-electron chi connectivity index (χ3n) is 2.33. The number of hydrogen-bond donors (Lipinski definition) is 0. The van der Waals surface area contributed by atoms with E-state index in [1.165, 1.54) is 12.1 Å². The van der Waals surface area contributed by atoms with Crippen LogP contribution in [0.5, 0.6) is 0 Å². The van der Waals surface area contributed by atoms with Gasteiger partial charge in [-0.2, -0.15) is 0 Å². The molecule has 100 valence electrons. The molecule has 0 radical (unpaired) electrons. The van der Waals surface area contributed by atoms with Crippen molar-refractivity contribution in [2.45, 2.75) is 13.5 Å². The van der Waals surface area contributed by atoms with Crippen molar-refractivity contribution in [2.24, 2.45) is 0 Å². The van der Waals surface area contributed by atoms with E-state index in [0.29, 0.717) is 28.7 Å². The highest BCUT2D eigenvalue weighted by atomic mass is 35.5. The van der Waals surface area contributed by atoms with E-state index in [9.17, 15) is 4.39 Å². The van der Waals surface area contributed by atoms with Crippen LogP contribution in [0, 0.1) is 5.82 Å². The fraction of sp³-hybridized carbons (Fsp3) is 0.231. The molecule has 0 atom stereocenters. The van der Waals surface area contributed by atoms with Crippen LogP contribution in [-0.2, 0) is 11.3 Å². The molecule has 19 heavy (non-hydrogen) atoms. The number of rotatable bonds is 4. The Hall–Kier alpha value is -1.23. The number of aromatic nitrogens is 2. The zero-order valence-electron chi connectivity index (χ0n) is 10.2. The Morgan fingerprint density at radius 2 is 1.95 bits per heavy atom. The molecule has 0 fully saturated rings. The third kappa shape index (κ3) is 3.86. The SMILES string of the molecule is CCOCc1nc(Cl)cc(-c2cc(F)cc(Cl)c2)n1. The van der Waals surface area contributed by atoms with Crippen molar-refractivity contribution in [1.82, 2.24) is 9.97 Å². The average Bonchev–Trinajstić information content (AvgIpc) is 2.34. The van der Waals surface area contributed by atoms with E-state index >= 15 is 0 Å². The first-order valence-electron chi connectivity index (χ1n) is 5.66. The van der Waals surface area contributed by atoms with Crippen molar-refractivity contribution < 1.29 is 9.13 Å². The molecular weight excluding hydrogens is 290 g/mol. The second-order valence-corrected chi connectivity index (χ2v) is 4.61. The number of hydrogen-bond acceptors (Lipinski definition) is 3. The molecule has 1 aromatic carbocycles. The van der Waals surface area contributed by atoms with Gasteiger partial charge in [0, 0.05) is 23.3 Å². The number of ether oxygens (including phenoxy) is 1. The minimum absolute atomic E-state index is 0.257. The van der Waals surface area contributed by atoms with Gasteiger partial charge in [0.15, 0.2) is 5.82 Å². The van der Waals surface area contributed by atoms with Gasteiger partial charge >= 0.3 is 0 Å². The van der Waals surface area contributed by atoms with E-state index < -0.39 is 5.82 Å². The molecule has 0 bridgehead atoms. The zero-order valence-corrected chi connectivity index (χ0v) is 11.7. The lowest BCUT2D eigenvalue weighted by molar-refractivity contribution is 0.128. The van der Waals surface area contributed by atoms with Gasteiger partial charge < -0.3 is 4.74 Å². The second-order valence-electron chi connectivity index (χ2n) is 3.79. The number of nitrogens with zero attached hydrogens (tertiary/aromatic N) is 2. The predicted molar refractivity (Wildman–Crippen MR) is 72.8 cm³/mol. The average molecular weight is 301 g/mol. The molecule has 0 amide bonds. The summed E-state index contributed by atoms with van der Waals surface area (Å²) in [5, 5.41) is 0.580. The highest BCUT2D eigenvalue weighted by Gasteiger charge is 2.08. The number of benzene rings is 1. The van der Waals surface area contributed by atoms with E-state index in [2.05, 4.69) is 9.97 Å². The summed E-state index contributed by atoms with van der Waals surface area (Å²) in [5.74, 6) is 0.0216. The minimum Gasteiger partial charge on any atom is -0.374 e. The summed E-state index contributed by atoms with van der Waals surface area (Å²) in [7, 11) is 0. The van der Waals surface area contributed by atoms with Crippen LogP contribution in [0.4, 0.5) is 4.39 Å². The predicted octanol–water partition coefficient (Wildman–Crippen LogP) is 4.13. The highest BCUT2D eigenvalue weighted by Crippen LogP contribution is 2.24. The molecule has 6 heteroatoms. The smallest absolute Gasteiger partial charge is 0.156 e. The fourth-order valence-electron chi connectivity index (χ4n) is 1.57. The lowest BCUT2D eigenvalue weighted by Gasteiger charge is -2.06. The van der Waals surface area contributed by atoms with Gasteiger partial charge in [0.25, 0.3) is 0 Å². The molecule has 1 heterocycles. The first-order chi connectivity index (χ1) is 9.08. The van der Waals surface area contributed by atoms with Crippen molar-refractivity contribution in [3.05, 3.63) is 46.1 Å². The Morgan fingerprint density at radius 3 is 2.63 bits per heavy atom. The van der Waals surface area contributed by atoms with Crippen molar-refractivity contribution >= 4 is 23.2 Å². The summed E-state index contributed by atoms with van der Waals surface area (Å²) in [6.45, 7) is 2.68. The lowest BCUT2D eigenvalue weighted by Crippen LogP contribution is -2.00. The maximum absolute atomic E-state index is 13.3. The van der Waals surface area contributed by atoms with E-state index in [1.54, 1.807) is 12.1 Å². The Labute approximate surface area is 120 Å². The summed E-state index contributed by atoms with van der Waals surface area (Å²) in [4.78, 5) is 8.32. The maximum Gasteiger partial charge on any atom is 0.156 e. The van der Waals surface area contributed by atoms with Crippen molar-refractivity contribution in [3.8, 4) is 11.3 Å². The van der Waals surface area contributed by atoms with Gasteiger partial charge in [-0.05, 0) is 25.1 Å². The van der Waals surface area contributed by atoms with Crippen LogP contribution in [0.25, 0.3) is 11.3 Å². The van der Waals surface area contributed by atoms with Gasteiger partial charge in [-0.1, -0.05) is 23.2 Å². The Bertz CT molecular complexity index is 573. The molecule has 3 nitrogen and oxygen atoms in total. The van der Waals surface area contributed by atoms with Gasteiger partial charge in [0.2, 0.25) is 0 Å². The molecule has 0 saturated heterocycles. The summed E-state index contributed by atoms with van der Waals surface area (Å²) in [6, 6.07) is 5.75. The van der Waals surface area contributed by atoms with E-state index in [-0.39, 0.29) is 11.8 Å². The van der Waals surface area contributed by atoms with Gasteiger partial charge in [0.05, 0.1) is 5.69 Å². The second kappa shape index (κ2) is 6.28. The summed E-state index contributed by atoms with van der Waals surface area (Å²) >= 11 is 11.7. The molecule has 0 aliphatic rings. The largest absolute Gasteiger partial charge is 0.374 e. The van der Waals surface area contributed by atoms with Crippen LogP contribution in [0.2, 0.25) is 10.2 Å². The molecule has 0 spiro atoms. The summed E-state index contributed by atoms with van der Waals surface area (Å²) < 4.78 is 18.6. The Balaban J connectivity index is 2.40. The van der Waals surface area contributed by atoms with Gasteiger partial charge in [-0.3, -0.25) is 0 Å². The van der Waals surface area contributed by atoms with E-state index in [1.807, 2.05) is 6.92 Å². The van der Waals surface area contributed by atoms with E-state index in [0.717, 1.165) is 0 Å². The van der Waals surface area contributed by atoms with Crippen LogP contribution >= 0.6 is 23.2 Å². The standard InChI is InChI=1S/C13H11Cl2FN2O/c1-2-19-7-13-17-11(6-12(15)18-13)8-3-9(14)5-10(16)4-8/h3-6H,2,7H2,1H3. The van der Waals surface area contributed by atoms with Crippen LogP contribution in [-0.4, -0.2) is 16.6 Å². The lowest BCUT2D eigenvalue weighted by atomic mass is 10.1. The molecular formula is C13H11Cl2FN2O. The topological polar surface area (TPSA) is 35.0 Å². The van der Waals surface area contributed by atoms with E-state index in [4.69, 9.17) is 27.9 Å². The Kier molecular flexibility index (Phi) is 4.69. The van der Waals surface area contributed by atoms with Crippen molar-refractivity contribution in [3.63, 3.8) is 0 Å². The fourth-order valence-corrected chi connectivity index (χ4v) is 1.99. The molecule has 2 rings (SSSR count). The quantitative estimate of drug-likeness (QED) is 0.797. The molecule has 0 saturated carbocycles. The van der Waals surface area contributed by atoms with Crippen LogP contribution in [0.1, 0.15) is 12.7 Å². The monoisotopic (exact) mass is 300 g/mol. The molecule has 2 aromatic rings. The summed E-state index contributed by atoms with van der Waals surface area (Å²) in [5.41, 5.74) is 1.06. The molecule has 0 aliphatic carbocycles. The van der Waals surface area contributed by atoms with Crippen molar-refractivity contribution in [1.29, 1.82) is 0 Å². The van der Waals surface area contributed by atoms with Gasteiger partial charge in [0.1, 0.15) is 17.6 Å². The van der Waals surface area contributed by atoms with Gasteiger partial charge in [-0.15, -0.1) is 0 Å². The molecule has 1 aromatic heterocycles. The normalized spacial score (nSPS) is 10.7. The van der Waals surface area contributed by atoms with Crippen LogP contribution in [0.3, 0.4) is 0 Å². The first kappa shape index (κ1) is 14.2. The van der Waals surface area contributed by atoms with Crippen molar-refractivity contribution in [2.75, 3.05) is 6.61 Å². The zero-order chi connectivity index (χ0) is 13.8. The molecule has 0 unspecified atom stereocenters. The van der Waals surface area contributed by atoms with Crippen LogP contribution in [0.15, 0.2) is 24.3 Å². The summed E-state index contributed by atoms with van der Waals surface area (Å²) in [6.07, 6.45) is 0. The first-order valence-corrected chi connectivity index (χ1v) is 6.41.